The second kappa shape index (κ2) is 3.90. The molecule has 0 amide bonds. The molecular formula is C9H10N2O. The van der Waals surface area contributed by atoms with Crippen molar-refractivity contribution >= 4 is 0 Å². The molecule has 0 spiro atoms. The van der Waals surface area contributed by atoms with Crippen molar-refractivity contribution < 1.29 is 4.74 Å². The van der Waals surface area contributed by atoms with Gasteiger partial charge >= 0.3 is 0 Å². The van der Waals surface area contributed by atoms with E-state index in [-0.39, 0.29) is 11.7 Å². The van der Waals surface area contributed by atoms with Gasteiger partial charge in [-0.1, -0.05) is 0 Å². The van der Waals surface area contributed by atoms with E-state index in [0.29, 0.717) is 0 Å². The van der Waals surface area contributed by atoms with Crippen molar-refractivity contribution in [3.8, 4) is 12.1 Å². The van der Waals surface area contributed by atoms with Crippen LogP contribution in [0.25, 0.3) is 0 Å². The Morgan fingerprint density at radius 2 is 2.08 bits per heavy atom. The van der Waals surface area contributed by atoms with Crippen molar-refractivity contribution in [3.05, 3.63) is 11.1 Å². The maximum atomic E-state index is 8.57. The minimum Gasteiger partial charge on any atom is -0.374 e. The molecular weight excluding hydrogens is 152 g/mol. The molecule has 1 aliphatic rings. The molecule has 0 aliphatic carbocycles. The maximum Gasteiger partial charge on any atom is 0.131 e. The SMILES string of the molecule is CC(=C(C#N)C#N)C1CCCO1. The van der Waals surface area contributed by atoms with Crippen molar-refractivity contribution in [2.24, 2.45) is 0 Å². The lowest BCUT2D eigenvalue weighted by atomic mass is 10.0. The molecule has 1 saturated heterocycles. The molecule has 0 bridgehead atoms. The molecule has 0 aromatic rings. The Labute approximate surface area is 71.9 Å². The predicted molar refractivity (Wildman–Crippen MR) is 42.9 cm³/mol. The second-order valence-corrected chi connectivity index (χ2v) is 2.78. The highest BCUT2D eigenvalue weighted by molar-refractivity contribution is 5.40. The lowest BCUT2D eigenvalue weighted by molar-refractivity contribution is 0.137. The number of nitrogens with zero attached hydrogens (tertiary/aromatic N) is 2. The van der Waals surface area contributed by atoms with E-state index in [0.717, 1.165) is 25.0 Å². The van der Waals surface area contributed by atoms with E-state index in [1.165, 1.54) is 0 Å². The predicted octanol–water partition coefficient (Wildman–Crippen LogP) is 1.53. The Kier molecular flexibility index (Phi) is 2.85. The fourth-order valence-corrected chi connectivity index (χ4v) is 1.28. The average Bonchev–Trinajstić information content (AvgIpc) is 2.58. The lowest BCUT2D eigenvalue weighted by Gasteiger charge is -2.08. The molecule has 1 rings (SSSR count). The van der Waals surface area contributed by atoms with Crippen molar-refractivity contribution in [3.63, 3.8) is 0 Å². The minimum absolute atomic E-state index is 0.000648. The third-order valence-electron chi connectivity index (χ3n) is 2.03. The Balaban J connectivity index is 2.81. The summed E-state index contributed by atoms with van der Waals surface area (Å²) in [5, 5.41) is 17.1. The summed E-state index contributed by atoms with van der Waals surface area (Å²) in [5.74, 6) is 0. The number of allylic oxidation sites excluding steroid dienone is 1. The largest absolute Gasteiger partial charge is 0.374 e. The number of nitriles is 2. The van der Waals surface area contributed by atoms with Crippen LogP contribution >= 0.6 is 0 Å². The molecule has 1 heterocycles. The van der Waals surface area contributed by atoms with Crippen molar-refractivity contribution in [2.75, 3.05) is 6.61 Å². The quantitative estimate of drug-likeness (QED) is 0.549. The Hall–Kier alpha value is -1.32. The summed E-state index contributed by atoms with van der Waals surface area (Å²) >= 11 is 0. The molecule has 62 valence electrons. The van der Waals surface area contributed by atoms with Gasteiger partial charge in [0.05, 0.1) is 6.10 Å². The molecule has 0 N–H and O–H groups in total. The average molecular weight is 162 g/mol. The molecule has 1 unspecified atom stereocenters. The first-order valence-electron chi connectivity index (χ1n) is 3.92. The Morgan fingerprint density at radius 1 is 1.42 bits per heavy atom. The summed E-state index contributed by atoms with van der Waals surface area (Å²) < 4.78 is 5.34. The van der Waals surface area contributed by atoms with Crippen LogP contribution in [0.5, 0.6) is 0 Å². The van der Waals surface area contributed by atoms with Gasteiger partial charge in [-0.2, -0.15) is 10.5 Å². The smallest absolute Gasteiger partial charge is 0.131 e. The molecule has 1 fully saturated rings. The van der Waals surface area contributed by atoms with Crippen LogP contribution in [-0.2, 0) is 4.74 Å². The fourth-order valence-electron chi connectivity index (χ4n) is 1.28. The number of ether oxygens (including phenoxy) is 1. The summed E-state index contributed by atoms with van der Waals surface area (Å²) in [6.45, 7) is 2.53. The van der Waals surface area contributed by atoms with Crippen LogP contribution in [0.3, 0.4) is 0 Å². The van der Waals surface area contributed by atoms with Gasteiger partial charge in [-0.05, 0) is 25.3 Å². The molecule has 0 aromatic carbocycles. The van der Waals surface area contributed by atoms with E-state index in [1.807, 2.05) is 12.1 Å². The molecule has 0 aromatic heterocycles. The van der Waals surface area contributed by atoms with Gasteiger partial charge in [0.25, 0.3) is 0 Å². The highest BCUT2D eigenvalue weighted by Gasteiger charge is 2.19. The monoisotopic (exact) mass is 162 g/mol. The van der Waals surface area contributed by atoms with Gasteiger partial charge in [0.2, 0.25) is 0 Å². The minimum atomic E-state index is -0.000648. The number of rotatable bonds is 1. The topological polar surface area (TPSA) is 56.8 Å². The van der Waals surface area contributed by atoms with E-state index >= 15 is 0 Å². The van der Waals surface area contributed by atoms with E-state index in [1.54, 1.807) is 6.92 Å². The van der Waals surface area contributed by atoms with Crippen LogP contribution in [0, 0.1) is 22.7 Å². The first-order valence-corrected chi connectivity index (χ1v) is 3.92. The van der Waals surface area contributed by atoms with Gasteiger partial charge < -0.3 is 4.74 Å². The normalized spacial score (nSPS) is 21.1. The van der Waals surface area contributed by atoms with Crippen molar-refractivity contribution in [2.45, 2.75) is 25.9 Å². The second-order valence-electron chi connectivity index (χ2n) is 2.78. The molecule has 12 heavy (non-hydrogen) atoms. The first-order chi connectivity index (χ1) is 5.79. The van der Waals surface area contributed by atoms with Crippen LogP contribution in [0.1, 0.15) is 19.8 Å². The van der Waals surface area contributed by atoms with Crippen LogP contribution in [0.15, 0.2) is 11.1 Å². The van der Waals surface area contributed by atoms with Crippen LogP contribution in [-0.4, -0.2) is 12.7 Å². The van der Waals surface area contributed by atoms with Crippen LogP contribution < -0.4 is 0 Å². The van der Waals surface area contributed by atoms with Gasteiger partial charge in [-0.15, -0.1) is 0 Å². The van der Waals surface area contributed by atoms with Gasteiger partial charge in [0.1, 0.15) is 17.7 Å². The van der Waals surface area contributed by atoms with E-state index in [2.05, 4.69) is 0 Å². The van der Waals surface area contributed by atoms with Crippen molar-refractivity contribution in [1.82, 2.24) is 0 Å². The Bertz CT molecular complexity index is 258. The molecule has 1 aliphatic heterocycles. The zero-order valence-electron chi connectivity index (χ0n) is 7.00. The third kappa shape index (κ3) is 1.64. The molecule has 1 atom stereocenters. The lowest BCUT2D eigenvalue weighted by Crippen LogP contribution is -2.08. The number of hydrogen-bond acceptors (Lipinski definition) is 3. The summed E-state index contributed by atoms with van der Waals surface area (Å²) in [7, 11) is 0. The van der Waals surface area contributed by atoms with Gasteiger partial charge in [0, 0.05) is 6.61 Å². The highest BCUT2D eigenvalue weighted by Crippen LogP contribution is 2.21. The summed E-state index contributed by atoms with van der Waals surface area (Å²) in [5.41, 5.74) is 0.972. The van der Waals surface area contributed by atoms with Gasteiger partial charge in [-0.25, -0.2) is 0 Å². The first kappa shape index (κ1) is 8.77. The standard InChI is InChI=1S/C9H10N2O/c1-7(8(5-10)6-11)9-3-2-4-12-9/h9H,2-4H2,1H3. The van der Waals surface area contributed by atoms with E-state index in [4.69, 9.17) is 15.3 Å². The Morgan fingerprint density at radius 3 is 2.50 bits per heavy atom. The molecule has 0 radical (unpaired) electrons. The van der Waals surface area contributed by atoms with Crippen LogP contribution in [0.2, 0.25) is 0 Å². The summed E-state index contributed by atoms with van der Waals surface area (Å²) in [4.78, 5) is 0. The number of hydrogen-bond donors (Lipinski definition) is 0. The zero-order chi connectivity index (χ0) is 8.97. The zero-order valence-corrected chi connectivity index (χ0v) is 7.00. The van der Waals surface area contributed by atoms with Crippen LogP contribution in [0.4, 0.5) is 0 Å². The van der Waals surface area contributed by atoms with Gasteiger partial charge in [0.15, 0.2) is 0 Å². The molecule has 3 nitrogen and oxygen atoms in total. The van der Waals surface area contributed by atoms with E-state index < -0.39 is 0 Å². The summed E-state index contributed by atoms with van der Waals surface area (Å²) in [6, 6.07) is 3.73. The molecule has 0 saturated carbocycles. The fraction of sp³-hybridized carbons (Fsp3) is 0.556. The third-order valence-corrected chi connectivity index (χ3v) is 2.03. The van der Waals surface area contributed by atoms with E-state index in [9.17, 15) is 0 Å². The van der Waals surface area contributed by atoms with Crippen molar-refractivity contribution in [1.29, 1.82) is 10.5 Å². The van der Waals surface area contributed by atoms with Gasteiger partial charge in [-0.3, -0.25) is 0 Å². The maximum absolute atomic E-state index is 8.57. The summed E-state index contributed by atoms with van der Waals surface area (Å²) in [6.07, 6.45) is 1.95. The molecule has 3 heteroatoms. The highest BCUT2D eigenvalue weighted by atomic mass is 16.5.